The number of nitrogens with zero attached hydrogens (tertiary/aromatic N) is 2. The van der Waals surface area contributed by atoms with Crippen LogP contribution < -0.4 is 0 Å². The third-order valence-electron chi connectivity index (χ3n) is 5.74. The van der Waals surface area contributed by atoms with Gasteiger partial charge in [0.1, 0.15) is 12.2 Å². The van der Waals surface area contributed by atoms with E-state index in [-0.39, 0.29) is 6.61 Å². The Kier molecular flexibility index (Phi) is 8.20. The van der Waals surface area contributed by atoms with Crippen molar-refractivity contribution in [2.75, 3.05) is 6.61 Å². The molecule has 0 bridgehead atoms. The Morgan fingerprint density at radius 2 is 1.15 bits per heavy atom. The van der Waals surface area contributed by atoms with E-state index in [4.69, 9.17) is 14.2 Å². The molecule has 1 N–H and O–H groups in total. The summed E-state index contributed by atoms with van der Waals surface area (Å²) >= 11 is 0. The fourth-order valence-corrected chi connectivity index (χ4v) is 4.01. The van der Waals surface area contributed by atoms with Gasteiger partial charge in [0.05, 0.1) is 38.5 Å². The highest BCUT2D eigenvalue weighted by Gasteiger charge is 2.51. The zero-order valence-corrected chi connectivity index (χ0v) is 18.4. The van der Waals surface area contributed by atoms with Crippen molar-refractivity contribution in [2.24, 2.45) is 0 Å². The molecular weight excluding hydrogens is 416 g/mol. The Labute approximate surface area is 194 Å². The van der Waals surface area contributed by atoms with Crippen LogP contribution in [-0.4, -0.2) is 41.2 Å². The second-order valence-corrected chi connectivity index (χ2v) is 8.04. The second kappa shape index (κ2) is 11.7. The molecule has 6 nitrogen and oxygen atoms in total. The van der Waals surface area contributed by atoms with E-state index in [9.17, 15) is 10.5 Å². The Morgan fingerprint density at radius 1 is 0.697 bits per heavy atom. The van der Waals surface area contributed by atoms with Crippen molar-refractivity contribution < 1.29 is 19.4 Å². The van der Waals surface area contributed by atoms with E-state index in [1.54, 1.807) is 0 Å². The van der Waals surface area contributed by atoms with Crippen LogP contribution in [0.5, 0.6) is 0 Å². The monoisotopic (exact) mass is 444 g/mol. The average Bonchev–Trinajstić information content (AvgIpc) is 3.13. The van der Waals surface area contributed by atoms with Crippen LogP contribution in [0.3, 0.4) is 0 Å². The molecule has 3 aromatic rings. The molecule has 6 heteroatoms. The summed E-state index contributed by atoms with van der Waals surface area (Å²) in [6.07, 6.45) is -1.17. The van der Waals surface area contributed by atoms with Crippen molar-refractivity contribution in [3.05, 3.63) is 108 Å². The third-order valence-corrected chi connectivity index (χ3v) is 5.74. The van der Waals surface area contributed by atoms with Gasteiger partial charge in [-0.2, -0.15) is 10.3 Å². The third kappa shape index (κ3) is 6.05. The lowest BCUT2D eigenvalue weighted by atomic mass is 10.1. The first-order valence-corrected chi connectivity index (χ1v) is 11.1. The van der Waals surface area contributed by atoms with Gasteiger partial charge in [0.15, 0.2) is 6.04 Å². The van der Waals surface area contributed by atoms with E-state index in [0.29, 0.717) is 19.8 Å². The Hall–Kier alpha value is -3.05. The fraction of sp³-hybridized carbons (Fsp3) is 0.296. The first kappa shape index (κ1) is 23.1. The van der Waals surface area contributed by atoms with Crippen molar-refractivity contribution in [1.29, 1.82) is 5.26 Å². The molecule has 1 fully saturated rings. The van der Waals surface area contributed by atoms with Crippen LogP contribution >= 0.6 is 0 Å². The van der Waals surface area contributed by atoms with Crippen LogP contribution in [0.25, 0.3) is 0 Å². The van der Waals surface area contributed by atoms with Gasteiger partial charge in [0.25, 0.3) is 0 Å². The minimum absolute atomic E-state index is 0.203. The van der Waals surface area contributed by atoms with E-state index in [1.807, 2.05) is 91.0 Å². The van der Waals surface area contributed by atoms with Gasteiger partial charge in [0, 0.05) is 0 Å². The number of hydrogen-bond acceptors (Lipinski definition) is 6. The normalized spacial score (nSPS) is 22.8. The number of benzene rings is 3. The first-order chi connectivity index (χ1) is 16.3. The highest BCUT2D eigenvalue weighted by molar-refractivity contribution is 5.16. The summed E-state index contributed by atoms with van der Waals surface area (Å²) in [6, 6.07) is 30.2. The second-order valence-electron chi connectivity index (χ2n) is 8.04. The van der Waals surface area contributed by atoms with Crippen LogP contribution in [-0.2, 0) is 34.0 Å². The minimum atomic E-state index is -0.861. The molecule has 0 unspecified atom stereocenters. The summed E-state index contributed by atoms with van der Waals surface area (Å²) in [6.45, 7) is 1.27. The molecule has 0 saturated carbocycles. The number of ether oxygens (including phenoxy) is 3. The van der Waals surface area contributed by atoms with Gasteiger partial charge in [-0.3, -0.25) is 0 Å². The fourth-order valence-electron chi connectivity index (χ4n) is 4.01. The van der Waals surface area contributed by atoms with Crippen molar-refractivity contribution in [3.63, 3.8) is 0 Å². The van der Waals surface area contributed by atoms with Gasteiger partial charge in [-0.05, 0) is 16.7 Å². The summed E-state index contributed by atoms with van der Waals surface area (Å²) < 4.78 is 18.3. The molecular formula is C27H28N2O4. The number of rotatable bonds is 10. The molecule has 1 aliphatic heterocycles. The van der Waals surface area contributed by atoms with Crippen LogP contribution in [0.1, 0.15) is 16.7 Å². The lowest BCUT2D eigenvalue weighted by molar-refractivity contribution is -0.155. The molecule has 170 valence electrons. The molecule has 4 atom stereocenters. The van der Waals surface area contributed by atoms with Crippen LogP contribution in [0.2, 0.25) is 0 Å². The van der Waals surface area contributed by atoms with Gasteiger partial charge in [-0.1, -0.05) is 91.0 Å². The van der Waals surface area contributed by atoms with Crippen molar-refractivity contribution in [3.8, 4) is 6.07 Å². The summed E-state index contributed by atoms with van der Waals surface area (Å²) in [4.78, 5) is 0. The van der Waals surface area contributed by atoms with Crippen LogP contribution in [0, 0.1) is 11.3 Å². The number of hydrogen-bond donors (Lipinski definition) is 1. The zero-order chi connectivity index (χ0) is 22.9. The van der Waals surface area contributed by atoms with E-state index < -0.39 is 24.3 Å². The van der Waals surface area contributed by atoms with Crippen molar-refractivity contribution in [1.82, 2.24) is 5.06 Å². The first-order valence-electron chi connectivity index (χ1n) is 11.1. The molecule has 1 saturated heterocycles. The van der Waals surface area contributed by atoms with Gasteiger partial charge in [0.2, 0.25) is 0 Å². The highest BCUT2D eigenvalue weighted by Crippen LogP contribution is 2.30. The molecule has 0 aromatic heterocycles. The van der Waals surface area contributed by atoms with E-state index in [0.717, 1.165) is 21.8 Å². The summed E-state index contributed by atoms with van der Waals surface area (Å²) in [7, 11) is 0. The lowest BCUT2D eigenvalue weighted by Crippen LogP contribution is -2.40. The van der Waals surface area contributed by atoms with E-state index in [1.165, 1.54) is 0 Å². The predicted molar refractivity (Wildman–Crippen MR) is 123 cm³/mol. The summed E-state index contributed by atoms with van der Waals surface area (Å²) in [5.74, 6) is 0. The highest BCUT2D eigenvalue weighted by atomic mass is 16.6. The quantitative estimate of drug-likeness (QED) is 0.501. The standard InChI is InChI=1S/C27H28N2O4/c28-16-24-26(32-18-22-12-6-2-7-13-22)27(33-19-23-14-8-3-9-15-23)25(29(24)30)20-31-17-21-10-4-1-5-11-21/h1-15,24-27,30H,17-20H2/t24-,25+,26-,27+/m1/s1. The molecule has 0 amide bonds. The van der Waals surface area contributed by atoms with Crippen molar-refractivity contribution in [2.45, 2.75) is 44.1 Å². The van der Waals surface area contributed by atoms with Gasteiger partial charge < -0.3 is 19.4 Å². The van der Waals surface area contributed by atoms with Gasteiger partial charge in [-0.25, -0.2) is 0 Å². The lowest BCUT2D eigenvalue weighted by Gasteiger charge is -2.25. The Bertz CT molecular complexity index is 1010. The maximum atomic E-state index is 10.9. The molecule has 1 aliphatic rings. The molecule has 3 aromatic carbocycles. The van der Waals surface area contributed by atoms with Crippen molar-refractivity contribution >= 4 is 0 Å². The Morgan fingerprint density at radius 3 is 1.64 bits per heavy atom. The molecule has 0 spiro atoms. The molecule has 4 rings (SSSR count). The maximum Gasteiger partial charge on any atom is 0.151 e. The smallest absolute Gasteiger partial charge is 0.151 e. The average molecular weight is 445 g/mol. The molecule has 0 radical (unpaired) electrons. The summed E-state index contributed by atoms with van der Waals surface area (Å²) in [5, 5.41) is 21.7. The van der Waals surface area contributed by atoms with Crippen LogP contribution in [0.4, 0.5) is 0 Å². The Balaban J connectivity index is 1.48. The van der Waals surface area contributed by atoms with E-state index >= 15 is 0 Å². The number of hydroxylamine groups is 2. The zero-order valence-electron chi connectivity index (χ0n) is 18.4. The SMILES string of the molecule is N#C[C@@H]1[C@@H](OCc2ccccc2)[C@@H](OCc2ccccc2)[C@H](COCc2ccccc2)N1O. The largest absolute Gasteiger partial charge is 0.375 e. The minimum Gasteiger partial charge on any atom is -0.375 e. The van der Waals surface area contributed by atoms with E-state index in [2.05, 4.69) is 6.07 Å². The molecule has 33 heavy (non-hydrogen) atoms. The molecule has 0 aliphatic carbocycles. The van der Waals surface area contributed by atoms with Gasteiger partial charge >= 0.3 is 0 Å². The maximum absolute atomic E-state index is 10.9. The number of nitriles is 1. The van der Waals surface area contributed by atoms with Crippen LogP contribution in [0.15, 0.2) is 91.0 Å². The molecule has 1 heterocycles. The topological polar surface area (TPSA) is 75.0 Å². The van der Waals surface area contributed by atoms with Gasteiger partial charge in [-0.15, -0.1) is 0 Å². The summed E-state index contributed by atoms with van der Waals surface area (Å²) in [5.41, 5.74) is 3.04. The predicted octanol–water partition coefficient (Wildman–Crippen LogP) is 4.34.